The number of anilines is 2. The Morgan fingerprint density at radius 3 is 2.95 bits per heavy atom. The van der Waals surface area contributed by atoms with Gasteiger partial charge in [-0.15, -0.1) is 0 Å². The number of rotatable bonds is 5. The number of nitro groups is 1. The second-order valence-corrected chi connectivity index (χ2v) is 4.16. The molecule has 8 nitrogen and oxygen atoms in total. The molecule has 0 aliphatic rings. The normalized spacial score (nSPS) is 12.1. The van der Waals surface area contributed by atoms with E-state index in [1.165, 1.54) is 6.07 Å². The lowest BCUT2D eigenvalue weighted by molar-refractivity contribution is -0.384. The molecule has 1 unspecified atom stereocenters. The summed E-state index contributed by atoms with van der Waals surface area (Å²) in [5.74, 6) is 0.417. The van der Waals surface area contributed by atoms with Gasteiger partial charge in [0.05, 0.1) is 11.3 Å². The van der Waals surface area contributed by atoms with Gasteiger partial charge in [0.1, 0.15) is 5.82 Å². The van der Waals surface area contributed by atoms with E-state index >= 15 is 0 Å². The highest BCUT2D eigenvalue weighted by Gasteiger charge is 2.13. The Labute approximate surface area is 109 Å². The van der Waals surface area contributed by atoms with Crippen molar-refractivity contribution in [3.8, 4) is 0 Å². The Kier molecular flexibility index (Phi) is 3.60. The minimum Gasteiger partial charge on any atom is -0.378 e. The third-order valence-corrected chi connectivity index (χ3v) is 2.54. The smallest absolute Gasteiger partial charge is 0.311 e. The van der Waals surface area contributed by atoms with Gasteiger partial charge in [0.25, 0.3) is 0 Å². The van der Waals surface area contributed by atoms with Crippen LogP contribution in [0.1, 0.15) is 6.92 Å². The fraction of sp³-hybridized carbons (Fsp3) is 0.273. The average Bonchev–Trinajstić information content (AvgIpc) is 2.81. The topological polar surface area (TPSA) is 112 Å². The summed E-state index contributed by atoms with van der Waals surface area (Å²) in [6.07, 6.45) is 5.28. The minimum absolute atomic E-state index is 0.0857. The van der Waals surface area contributed by atoms with Crippen molar-refractivity contribution in [2.24, 2.45) is 0 Å². The zero-order chi connectivity index (χ0) is 13.8. The number of nitrogen functional groups attached to an aromatic ring is 1. The zero-order valence-corrected chi connectivity index (χ0v) is 10.4. The molecule has 2 aromatic rings. The molecule has 8 heteroatoms. The first-order chi connectivity index (χ1) is 9.06. The molecule has 0 aromatic carbocycles. The molecule has 0 saturated heterocycles. The zero-order valence-electron chi connectivity index (χ0n) is 10.4. The number of hydrogen-bond acceptors (Lipinski definition) is 6. The molecule has 1 atom stereocenters. The van der Waals surface area contributed by atoms with Crippen molar-refractivity contribution in [2.45, 2.75) is 19.5 Å². The Bertz CT molecular complexity index is 569. The second-order valence-electron chi connectivity index (χ2n) is 4.16. The summed E-state index contributed by atoms with van der Waals surface area (Å²) in [5, 5.41) is 13.7. The average molecular weight is 262 g/mol. The van der Waals surface area contributed by atoms with Crippen molar-refractivity contribution in [3.63, 3.8) is 0 Å². The van der Waals surface area contributed by atoms with Gasteiger partial charge in [-0.05, 0) is 13.0 Å². The first kappa shape index (κ1) is 12.8. The quantitative estimate of drug-likeness (QED) is 0.619. The van der Waals surface area contributed by atoms with Crippen molar-refractivity contribution >= 4 is 17.3 Å². The monoisotopic (exact) mass is 262 g/mol. The standard InChI is InChI=1S/C11H14N6O2/c1-8(6-16-5-4-13-7-16)14-10-3-2-9(17(18)19)11(12)15-10/h2-5,7-8H,6H2,1H3,(H3,12,14,15). The van der Waals surface area contributed by atoms with Gasteiger partial charge in [-0.1, -0.05) is 0 Å². The lowest BCUT2D eigenvalue weighted by Crippen LogP contribution is -2.22. The van der Waals surface area contributed by atoms with E-state index in [1.807, 2.05) is 17.7 Å². The number of imidazole rings is 1. The van der Waals surface area contributed by atoms with Gasteiger partial charge in [0, 0.05) is 31.0 Å². The van der Waals surface area contributed by atoms with Crippen LogP contribution in [0.25, 0.3) is 0 Å². The SMILES string of the molecule is CC(Cn1ccnc1)Nc1ccc([N+](=O)[O-])c(N)n1. The lowest BCUT2D eigenvalue weighted by Gasteiger charge is -2.15. The molecule has 100 valence electrons. The summed E-state index contributed by atoms with van der Waals surface area (Å²) < 4.78 is 1.92. The molecule has 0 spiro atoms. The molecule has 3 N–H and O–H groups in total. The van der Waals surface area contributed by atoms with E-state index in [9.17, 15) is 10.1 Å². The highest BCUT2D eigenvalue weighted by molar-refractivity contribution is 5.57. The Morgan fingerprint density at radius 2 is 2.37 bits per heavy atom. The summed E-state index contributed by atoms with van der Waals surface area (Å²) >= 11 is 0. The molecule has 0 saturated carbocycles. The van der Waals surface area contributed by atoms with E-state index in [0.29, 0.717) is 12.4 Å². The van der Waals surface area contributed by atoms with Gasteiger partial charge < -0.3 is 15.6 Å². The Hall–Kier alpha value is -2.64. The van der Waals surface area contributed by atoms with Gasteiger partial charge >= 0.3 is 5.69 Å². The van der Waals surface area contributed by atoms with Gasteiger partial charge in [-0.3, -0.25) is 10.1 Å². The van der Waals surface area contributed by atoms with E-state index in [1.54, 1.807) is 18.6 Å². The van der Waals surface area contributed by atoms with Gasteiger partial charge in [-0.25, -0.2) is 9.97 Å². The summed E-state index contributed by atoms with van der Waals surface area (Å²) in [7, 11) is 0. The van der Waals surface area contributed by atoms with Crippen LogP contribution in [0, 0.1) is 10.1 Å². The largest absolute Gasteiger partial charge is 0.378 e. The third kappa shape index (κ3) is 3.18. The van der Waals surface area contributed by atoms with E-state index < -0.39 is 4.92 Å². The predicted molar refractivity (Wildman–Crippen MR) is 70.6 cm³/mol. The molecular weight excluding hydrogens is 248 g/mol. The molecule has 0 aliphatic heterocycles. The van der Waals surface area contributed by atoms with Gasteiger partial charge in [0.2, 0.25) is 5.82 Å². The first-order valence-corrected chi connectivity index (χ1v) is 5.69. The Morgan fingerprint density at radius 1 is 1.58 bits per heavy atom. The lowest BCUT2D eigenvalue weighted by atomic mass is 10.3. The van der Waals surface area contributed by atoms with Gasteiger partial charge in [-0.2, -0.15) is 0 Å². The fourth-order valence-corrected chi connectivity index (χ4v) is 1.71. The van der Waals surface area contributed by atoms with Crippen LogP contribution in [-0.2, 0) is 6.54 Å². The molecule has 0 bridgehead atoms. The second kappa shape index (κ2) is 5.34. The third-order valence-electron chi connectivity index (χ3n) is 2.54. The Balaban J connectivity index is 2.03. The van der Waals surface area contributed by atoms with Gasteiger partial charge in [0.15, 0.2) is 0 Å². The van der Waals surface area contributed by atoms with Crippen LogP contribution in [0.2, 0.25) is 0 Å². The summed E-state index contributed by atoms with van der Waals surface area (Å²) in [4.78, 5) is 18.0. The van der Waals surface area contributed by atoms with Crippen LogP contribution in [0.15, 0.2) is 30.9 Å². The molecule has 2 heterocycles. The fourth-order valence-electron chi connectivity index (χ4n) is 1.71. The van der Waals surface area contributed by atoms with E-state index in [4.69, 9.17) is 5.73 Å². The summed E-state index contributed by atoms with van der Waals surface area (Å²) in [5.41, 5.74) is 5.34. The van der Waals surface area contributed by atoms with E-state index in [2.05, 4.69) is 15.3 Å². The highest BCUT2D eigenvalue weighted by Crippen LogP contribution is 2.21. The number of pyridine rings is 1. The molecule has 19 heavy (non-hydrogen) atoms. The maximum Gasteiger partial charge on any atom is 0.311 e. The van der Waals surface area contributed by atoms with Crippen LogP contribution in [0.5, 0.6) is 0 Å². The molecule has 2 aromatic heterocycles. The molecule has 0 radical (unpaired) electrons. The van der Waals surface area contributed by atoms with Crippen molar-refractivity contribution in [1.82, 2.24) is 14.5 Å². The summed E-state index contributed by atoms with van der Waals surface area (Å²) in [6, 6.07) is 2.97. The van der Waals surface area contributed by atoms with Crippen molar-refractivity contribution in [3.05, 3.63) is 41.0 Å². The minimum atomic E-state index is -0.555. The molecule has 0 fully saturated rings. The number of nitrogens with two attached hydrogens (primary N) is 1. The maximum absolute atomic E-state index is 10.6. The maximum atomic E-state index is 10.6. The number of nitrogens with one attached hydrogen (secondary N) is 1. The molecule has 0 aliphatic carbocycles. The first-order valence-electron chi connectivity index (χ1n) is 5.69. The molecule has 2 rings (SSSR count). The molecule has 0 amide bonds. The van der Waals surface area contributed by atoms with Crippen LogP contribution < -0.4 is 11.1 Å². The molecular formula is C11H14N6O2. The van der Waals surface area contributed by atoms with Crippen LogP contribution >= 0.6 is 0 Å². The van der Waals surface area contributed by atoms with E-state index in [0.717, 1.165) is 0 Å². The number of hydrogen-bond donors (Lipinski definition) is 2. The van der Waals surface area contributed by atoms with Crippen molar-refractivity contribution in [2.75, 3.05) is 11.1 Å². The van der Waals surface area contributed by atoms with E-state index in [-0.39, 0.29) is 17.5 Å². The predicted octanol–water partition coefficient (Wildman–Crippen LogP) is 1.27. The highest BCUT2D eigenvalue weighted by atomic mass is 16.6. The number of nitrogens with zero attached hydrogens (tertiary/aromatic N) is 4. The van der Waals surface area contributed by atoms with Crippen LogP contribution in [0.3, 0.4) is 0 Å². The van der Waals surface area contributed by atoms with Crippen molar-refractivity contribution in [1.29, 1.82) is 0 Å². The summed E-state index contributed by atoms with van der Waals surface area (Å²) in [6.45, 7) is 2.68. The van der Waals surface area contributed by atoms with Crippen LogP contribution in [0.4, 0.5) is 17.3 Å². The van der Waals surface area contributed by atoms with Crippen LogP contribution in [-0.4, -0.2) is 25.5 Å². The number of aromatic nitrogens is 3. The van der Waals surface area contributed by atoms with Crippen molar-refractivity contribution < 1.29 is 4.92 Å².